The molecule has 2 bridgehead atoms. The van der Waals surface area contributed by atoms with Crippen LogP contribution in [0.1, 0.15) is 25.3 Å². The third-order valence-electron chi connectivity index (χ3n) is 6.48. The van der Waals surface area contributed by atoms with Gasteiger partial charge in [-0.2, -0.15) is 0 Å². The summed E-state index contributed by atoms with van der Waals surface area (Å²) in [5, 5.41) is 9.91. The van der Waals surface area contributed by atoms with Crippen LogP contribution in [-0.2, 0) is 21.2 Å². The van der Waals surface area contributed by atoms with Gasteiger partial charge in [-0.3, -0.25) is 4.79 Å². The van der Waals surface area contributed by atoms with Crippen LogP contribution in [0.3, 0.4) is 0 Å². The Balaban J connectivity index is 1.76. The first kappa shape index (κ1) is 24.6. The maximum Gasteiger partial charge on any atom is 0.251 e. The summed E-state index contributed by atoms with van der Waals surface area (Å²) in [4.78, 5) is 14.0. The van der Waals surface area contributed by atoms with Crippen LogP contribution < -0.4 is 4.72 Å². The predicted molar refractivity (Wildman–Crippen MR) is 116 cm³/mol. The normalized spacial score (nSPS) is 27.3. The molecule has 0 unspecified atom stereocenters. The Morgan fingerprint density at radius 1 is 1.21 bits per heavy atom. The summed E-state index contributed by atoms with van der Waals surface area (Å²) >= 11 is 0. The lowest BCUT2D eigenvalue weighted by atomic mass is 9.64. The smallest absolute Gasteiger partial charge is 0.251 e. The minimum atomic E-state index is -3.90. The summed E-state index contributed by atoms with van der Waals surface area (Å²) in [5.41, 5.74) is -2.09. The fourth-order valence-electron chi connectivity index (χ4n) is 5.04. The van der Waals surface area contributed by atoms with E-state index in [2.05, 4.69) is 4.72 Å². The van der Waals surface area contributed by atoms with Crippen molar-refractivity contribution in [3.05, 3.63) is 59.4 Å². The Labute approximate surface area is 194 Å². The van der Waals surface area contributed by atoms with Gasteiger partial charge in [0.25, 0.3) is 5.91 Å². The molecule has 3 fully saturated rings. The Bertz CT molecular complexity index is 1210. The van der Waals surface area contributed by atoms with Gasteiger partial charge >= 0.3 is 0 Å². The van der Waals surface area contributed by atoms with Gasteiger partial charge in [0.15, 0.2) is 0 Å². The van der Waals surface area contributed by atoms with Gasteiger partial charge in [-0.1, -0.05) is 18.2 Å². The van der Waals surface area contributed by atoms with Crippen LogP contribution in [0.5, 0.6) is 0 Å². The lowest BCUT2D eigenvalue weighted by Crippen LogP contribution is -2.77. The molecule has 0 aromatic heterocycles. The van der Waals surface area contributed by atoms with Crippen molar-refractivity contribution in [2.24, 2.45) is 0 Å². The number of piperidine rings is 2. The van der Waals surface area contributed by atoms with Crippen molar-refractivity contribution in [3.63, 3.8) is 0 Å². The number of fused-ring (bicyclic) bond motifs is 2. The average Bonchev–Trinajstić information content (AvgIpc) is 2.68. The number of benzene rings is 2. The molecule has 1 aliphatic carbocycles. The van der Waals surface area contributed by atoms with E-state index >= 15 is 8.78 Å². The van der Waals surface area contributed by atoms with Crippen LogP contribution >= 0.6 is 0 Å². The van der Waals surface area contributed by atoms with E-state index in [-0.39, 0.29) is 36.0 Å². The molecule has 3 aliphatic rings. The number of sulfonamides is 1. The zero-order valence-electron chi connectivity index (χ0n) is 18.4. The minimum absolute atomic E-state index is 0.000707. The second-order valence-electron chi connectivity index (χ2n) is 9.09. The highest BCUT2D eigenvalue weighted by molar-refractivity contribution is 7.88. The number of hydrogen-bond acceptors (Lipinski definition) is 4. The van der Waals surface area contributed by atoms with Gasteiger partial charge in [0.1, 0.15) is 29.2 Å². The topological polar surface area (TPSA) is 86.7 Å². The summed E-state index contributed by atoms with van der Waals surface area (Å²) in [7, 11) is -3.90. The van der Waals surface area contributed by atoms with Crippen LogP contribution in [0.2, 0.25) is 0 Å². The molecule has 1 saturated carbocycles. The zero-order valence-corrected chi connectivity index (χ0v) is 19.3. The molecule has 184 valence electrons. The third kappa shape index (κ3) is 4.56. The number of aliphatic hydroxyl groups excluding tert-OH is 1. The fourth-order valence-corrected chi connectivity index (χ4v) is 5.87. The number of amides is 1. The molecular weight excluding hydrogens is 476 g/mol. The molecule has 2 aliphatic heterocycles. The number of carbonyl (C=O) groups is 1. The van der Waals surface area contributed by atoms with Crippen molar-refractivity contribution in [3.8, 4) is 11.1 Å². The van der Waals surface area contributed by atoms with E-state index in [1.165, 1.54) is 30.0 Å². The molecule has 34 heavy (non-hydrogen) atoms. The van der Waals surface area contributed by atoms with Crippen LogP contribution in [0, 0.1) is 17.5 Å². The third-order valence-corrected chi connectivity index (χ3v) is 7.16. The van der Waals surface area contributed by atoms with Gasteiger partial charge in [-0.05, 0) is 36.6 Å². The minimum Gasteiger partial charge on any atom is -0.384 e. The van der Waals surface area contributed by atoms with Gasteiger partial charge in [0.05, 0.1) is 18.3 Å². The van der Waals surface area contributed by atoms with Gasteiger partial charge in [-0.25, -0.2) is 30.7 Å². The maximum absolute atomic E-state index is 15.6. The quantitative estimate of drug-likeness (QED) is 0.598. The molecule has 2 N–H and O–H groups in total. The highest BCUT2D eigenvalue weighted by Crippen LogP contribution is 2.50. The lowest BCUT2D eigenvalue weighted by molar-refractivity contribution is -0.174. The second kappa shape index (κ2) is 8.62. The van der Waals surface area contributed by atoms with Crippen LogP contribution in [0.4, 0.5) is 17.6 Å². The predicted octanol–water partition coefficient (Wildman–Crippen LogP) is 2.69. The summed E-state index contributed by atoms with van der Waals surface area (Å²) in [6.07, 6.45) is -1.08. The van der Waals surface area contributed by atoms with Crippen molar-refractivity contribution in [2.45, 2.75) is 56.1 Å². The van der Waals surface area contributed by atoms with Gasteiger partial charge in [-0.15, -0.1) is 0 Å². The van der Waals surface area contributed by atoms with Crippen molar-refractivity contribution in [1.29, 1.82) is 0 Å². The van der Waals surface area contributed by atoms with Crippen molar-refractivity contribution in [1.82, 2.24) is 9.62 Å². The molecule has 2 saturated heterocycles. The second-order valence-corrected chi connectivity index (χ2v) is 10.9. The molecular formula is C23H24F4N2O4S. The first-order valence-corrected chi connectivity index (χ1v) is 12.6. The van der Waals surface area contributed by atoms with Crippen molar-refractivity contribution < 1.29 is 35.9 Å². The standard InChI is InChI=1S/C23H24F4N2O4S/c1-12(30)22(31)29-17-10-23(27,11-17)21(28-34(2,32)33)19(29)8-13-4-3-5-18(20(13)26)14-6-15(24)9-16(25)7-14/h3-7,9,12,17,19,21,28,30H,8,10-11H2,1-2H3/t12-,17?,19+,21-,23?/m1/s1. The number of carbonyl (C=O) groups excluding carboxylic acids is 1. The number of halogens is 4. The van der Waals surface area contributed by atoms with Gasteiger partial charge < -0.3 is 10.0 Å². The number of alkyl halides is 1. The molecule has 11 heteroatoms. The number of nitrogens with zero attached hydrogens (tertiary/aromatic N) is 1. The Kier molecular flexibility index (Phi) is 6.24. The van der Waals surface area contributed by atoms with Crippen LogP contribution in [0.15, 0.2) is 36.4 Å². The summed E-state index contributed by atoms with van der Waals surface area (Å²) in [5.74, 6) is -3.33. The van der Waals surface area contributed by atoms with E-state index in [1.807, 2.05) is 0 Å². The SMILES string of the molecule is C[C@@H](O)C(=O)N1C2CC(F)(C2)[C@H](NS(C)(=O)=O)[C@@H]1Cc1cccc(-c2cc(F)cc(F)c2)c1F. The zero-order chi connectivity index (χ0) is 25.0. The fraction of sp³-hybridized carbons (Fsp3) is 0.435. The highest BCUT2D eigenvalue weighted by Gasteiger charge is 2.63. The van der Waals surface area contributed by atoms with E-state index in [0.717, 1.165) is 18.4 Å². The van der Waals surface area contributed by atoms with E-state index in [1.54, 1.807) is 0 Å². The molecule has 0 spiro atoms. The van der Waals surface area contributed by atoms with Crippen molar-refractivity contribution in [2.75, 3.05) is 6.26 Å². The van der Waals surface area contributed by atoms with Crippen LogP contribution in [0.25, 0.3) is 11.1 Å². The average molecular weight is 501 g/mol. The molecule has 5 rings (SSSR count). The summed E-state index contributed by atoms with van der Waals surface area (Å²) in [6.45, 7) is 1.24. The number of nitrogens with one attached hydrogen (secondary N) is 1. The lowest BCUT2D eigenvalue weighted by Gasteiger charge is -2.61. The van der Waals surface area contributed by atoms with E-state index in [4.69, 9.17) is 0 Å². The van der Waals surface area contributed by atoms with E-state index in [9.17, 15) is 27.1 Å². The first-order chi connectivity index (χ1) is 15.8. The highest BCUT2D eigenvalue weighted by atomic mass is 32.2. The monoisotopic (exact) mass is 500 g/mol. The number of aliphatic hydroxyl groups is 1. The molecule has 2 heterocycles. The van der Waals surface area contributed by atoms with Gasteiger partial charge in [0, 0.05) is 30.5 Å². The van der Waals surface area contributed by atoms with Gasteiger partial charge in [0.2, 0.25) is 10.0 Å². The van der Waals surface area contributed by atoms with E-state index < -0.39 is 63.3 Å². The molecule has 6 nitrogen and oxygen atoms in total. The first-order valence-electron chi connectivity index (χ1n) is 10.7. The Hall–Kier alpha value is -2.50. The number of hydrogen-bond donors (Lipinski definition) is 2. The molecule has 3 atom stereocenters. The van der Waals surface area contributed by atoms with E-state index in [0.29, 0.717) is 6.07 Å². The molecule has 0 radical (unpaired) electrons. The Morgan fingerprint density at radius 3 is 2.38 bits per heavy atom. The van der Waals surface area contributed by atoms with Crippen molar-refractivity contribution >= 4 is 15.9 Å². The number of rotatable bonds is 6. The molecule has 2 aromatic carbocycles. The maximum atomic E-state index is 15.6. The summed E-state index contributed by atoms with van der Waals surface area (Å²) in [6, 6.07) is 3.66. The van der Waals surface area contributed by atoms with Crippen LogP contribution in [-0.4, -0.2) is 60.5 Å². The molecule has 1 amide bonds. The summed E-state index contributed by atoms with van der Waals surface area (Å²) < 4.78 is 84.7. The molecule has 2 aromatic rings. The Morgan fingerprint density at radius 2 is 1.82 bits per heavy atom. The largest absolute Gasteiger partial charge is 0.384 e.